The van der Waals surface area contributed by atoms with Gasteiger partial charge < -0.3 is 5.32 Å². The molecule has 0 saturated carbocycles. The molecule has 1 aliphatic rings. The first kappa shape index (κ1) is 17.8. The Kier molecular flexibility index (Phi) is 4.28. The third kappa shape index (κ3) is 3.02. The molecule has 0 saturated heterocycles. The van der Waals surface area contributed by atoms with E-state index in [2.05, 4.69) is 10.4 Å². The molecule has 0 aliphatic carbocycles. The zero-order valence-electron chi connectivity index (χ0n) is 14.4. The predicted octanol–water partition coefficient (Wildman–Crippen LogP) is 2.96. The van der Waals surface area contributed by atoms with E-state index in [1.807, 2.05) is 18.2 Å². The molecule has 1 aromatic heterocycles. The molecule has 0 fully saturated rings. The summed E-state index contributed by atoms with van der Waals surface area (Å²) in [5.74, 6) is -0.677. The maximum absolute atomic E-state index is 12.7. The van der Waals surface area contributed by atoms with Crippen molar-refractivity contribution in [1.82, 2.24) is 15.1 Å². The number of carbonyl (C=O) groups is 1. The molecule has 8 heteroatoms. The Morgan fingerprint density at radius 1 is 1.19 bits per heavy atom. The molecule has 0 spiro atoms. The van der Waals surface area contributed by atoms with E-state index in [9.17, 15) is 13.2 Å². The molecular formula is C19H16ClN3O3S. The minimum absolute atomic E-state index is 0.123. The fraction of sp³-hybridized carbons (Fsp3) is 0.158. The third-order valence-corrected chi connectivity index (χ3v) is 6.63. The second-order valence-electron chi connectivity index (χ2n) is 6.33. The summed E-state index contributed by atoms with van der Waals surface area (Å²) in [6.07, 6.45) is 0. The van der Waals surface area contributed by atoms with Gasteiger partial charge in [-0.15, -0.1) is 0 Å². The number of nitrogens with zero attached hydrogens (tertiary/aromatic N) is 2. The molecule has 0 radical (unpaired) electrons. The zero-order chi connectivity index (χ0) is 19.2. The Balaban J connectivity index is 1.71. The van der Waals surface area contributed by atoms with Gasteiger partial charge in [0.15, 0.2) is 15.5 Å². The molecule has 138 valence electrons. The van der Waals surface area contributed by atoms with Crippen LogP contribution in [0.4, 0.5) is 0 Å². The molecule has 0 atom stereocenters. The van der Waals surface area contributed by atoms with Crippen LogP contribution in [0.3, 0.4) is 0 Å². The van der Waals surface area contributed by atoms with Crippen LogP contribution in [0.5, 0.6) is 0 Å². The molecular weight excluding hydrogens is 386 g/mol. The van der Waals surface area contributed by atoms with Crippen LogP contribution in [0.2, 0.25) is 5.02 Å². The SMILES string of the molecule is Cn1nc(C(=O)NCc2ccccc2Cl)c2c1-c1ccccc1S(=O)(=O)C2. The van der Waals surface area contributed by atoms with Crippen molar-refractivity contribution >= 4 is 27.3 Å². The molecule has 0 unspecified atom stereocenters. The largest absolute Gasteiger partial charge is 0.346 e. The topological polar surface area (TPSA) is 81.1 Å². The number of aryl methyl sites for hydroxylation is 1. The van der Waals surface area contributed by atoms with Gasteiger partial charge >= 0.3 is 0 Å². The Bertz CT molecular complexity index is 1170. The molecule has 3 aromatic rings. The van der Waals surface area contributed by atoms with Crippen LogP contribution >= 0.6 is 11.6 Å². The van der Waals surface area contributed by atoms with Crippen LogP contribution < -0.4 is 5.32 Å². The number of halogens is 1. The fourth-order valence-corrected chi connectivity index (χ4v) is 5.12. The number of sulfone groups is 1. The molecule has 2 aromatic carbocycles. The number of nitrogens with one attached hydrogen (secondary N) is 1. The number of hydrogen-bond donors (Lipinski definition) is 1. The number of aromatic nitrogens is 2. The van der Waals surface area contributed by atoms with E-state index in [0.29, 0.717) is 21.8 Å². The van der Waals surface area contributed by atoms with Gasteiger partial charge in [0.2, 0.25) is 0 Å². The van der Waals surface area contributed by atoms with Crippen LogP contribution in [-0.4, -0.2) is 24.1 Å². The summed E-state index contributed by atoms with van der Waals surface area (Å²) in [6.45, 7) is 0.229. The molecule has 6 nitrogen and oxygen atoms in total. The lowest BCUT2D eigenvalue weighted by Crippen LogP contribution is -2.25. The van der Waals surface area contributed by atoms with Crippen molar-refractivity contribution in [3.8, 4) is 11.3 Å². The van der Waals surface area contributed by atoms with E-state index in [1.165, 1.54) is 0 Å². The maximum atomic E-state index is 12.7. The number of hydrogen-bond acceptors (Lipinski definition) is 4. The fourth-order valence-electron chi connectivity index (χ4n) is 3.33. The van der Waals surface area contributed by atoms with Gasteiger partial charge in [-0.05, 0) is 17.7 Å². The highest BCUT2D eigenvalue weighted by Crippen LogP contribution is 2.38. The first-order chi connectivity index (χ1) is 12.9. The van der Waals surface area contributed by atoms with Crippen LogP contribution in [0.25, 0.3) is 11.3 Å². The molecule has 1 N–H and O–H groups in total. The van der Waals surface area contributed by atoms with Crippen molar-refractivity contribution in [3.05, 3.63) is 70.4 Å². The Hall–Kier alpha value is -2.64. The number of carbonyl (C=O) groups excluding carboxylic acids is 1. The number of amides is 1. The summed E-state index contributed by atoms with van der Waals surface area (Å²) in [5.41, 5.74) is 2.54. The van der Waals surface area contributed by atoms with Crippen molar-refractivity contribution in [2.45, 2.75) is 17.2 Å². The molecule has 27 heavy (non-hydrogen) atoms. The molecule has 4 rings (SSSR count). The summed E-state index contributed by atoms with van der Waals surface area (Å²) >= 11 is 6.12. The molecule has 1 aliphatic heterocycles. The normalized spacial score (nSPS) is 14.3. The third-order valence-electron chi connectivity index (χ3n) is 4.57. The predicted molar refractivity (Wildman–Crippen MR) is 102 cm³/mol. The van der Waals surface area contributed by atoms with Crippen molar-refractivity contribution in [2.24, 2.45) is 7.05 Å². The average molecular weight is 402 g/mol. The lowest BCUT2D eigenvalue weighted by molar-refractivity contribution is 0.0944. The van der Waals surface area contributed by atoms with Gasteiger partial charge in [0.05, 0.1) is 16.3 Å². The standard InChI is InChI=1S/C19H16ClN3O3S/c1-23-18-13-7-3-5-9-16(13)27(25,26)11-14(18)17(22-23)19(24)21-10-12-6-2-4-8-15(12)20/h2-9H,10-11H2,1H3,(H,21,24). The van der Waals surface area contributed by atoms with Gasteiger partial charge in [-0.2, -0.15) is 5.10 Å². The lowest BCUT2D eigenvalue weighted by Gasteiger charge is -2.18. The van der Waals surface area contributed by atoms with Gasteiger partial charge in [-0.25, -0.2) is 8.42 Å². The molecule has 2 heterocycles. The van der Waals surface area contributed by atoms with Crippen molar-refractivity contribution in [3.63, 3.8) is 0 Å². The van der Waals surface area contributed by atoms with Crippen LogP contribution in [0.15, 0.2) is 53.4 Å². The van der Waals surface area contributed by atoms with E-state index in [4.69, 9.17) is 11.6 Å². The Morgan fingerprint density at radius 2 is 1.89 bits per heavy atom. The van der Waals surface area contributed by atoms with Crippen molar-refractivity contribution in [2.75, 3.05) is 0 Å². The number of rotatable bonds is 3. The summed E-state index contributed by atoms with van der Waals surface area (Å²) in [6, 6.07) is 14.0. The molecule has 0 bridgehead atoms. The van der Waals surface area contributed by atoms with E-state index in [-0.39, 0.29) is 22.9 Å². The van der Waals surface area contributed by atoms with Crippen LogP contribution in [-0.2, 0) is 29.2 Å². The highest BCUT2D eigenvalue weighted by atomic mass is 35.5. The highest BCUT2D eigenvalue weighted by Gasteiger charge is 2.34. The second-order valence-corrected chi connectivity index (χ2v) is 8.69. The van der Waals surface area contributed by atoms with Gasteiger partial charge in [-0.3, -0.25) is 9.48 Å². The quantitative estimate of drug-likeness (QED) is 0.731. The number of benzene rings is 2. The summed E-state index contributed by atoms with van der Waals surface area (Å²) in [4.78, 5) is 13.0. The van der Waals surface area contributed by atoms with Crippen molar-refractivity contribution in [1.29, 1.82) is 0 Å². The highest BCUT2D eigenvalue weighted by molar-refractivity contribution is 7.90. The van der Waals surface area contributed by atoms with E-state index in [0.717, 1.165) is 5.56 Å². The second kappa shape index (κ2) is 6.51. The smallest absolute Gasteiger partial charge is 0.272 e. The zero-order valence-corrected chi connectivity index (χ0v) is 16.0. The minimum atomic E-state index is -3.53. The monoisotopic (exact) mass is 401 g/mol. The van der Waals surface area contributed by atoms with Gasteiger partial charge in [-0.1, -0.05) is 48.0 Å². The first-order valence-electron chi connectivity index (χ1n) is 8.28. The van der Waals surface area contributed by atoms with E-state index >= 15 is 0 Å². The van der Waals surface area contributed by atoms with Crippen LogP contribution in [0, 0.1) is 0 Å². The summed E-state index contributed by atoms with van der Waals surface area (Å²) in [5, 5.41) is 7.63. The van der Waals surface area contributed by atoms with E-state index < -0.39 is 15.7 Å². The average Bonchev–Trinajstić information content (AvgIpc) is 2.96. The van der Waals surface area contributed by atoms with Crippen LogP contribution in [0.1, 0.15) is 21.6 Å². The van der Waals surface area contributed by atoms with Gasteiger partial charge in [0.25, 0.3) is 5.91 Å². The summed E-state index contributed by atoms with van der Waals surface area (Å²) < 4.78 is 26.9. The van der Waals surface area contributed by atoms with Crippen molar-refractivity contribution < 1.29 is 13.2 Å². The Morgan fingerprint density at radius 3 is 2.67 bits per heavy atom. The van der Waals surface area contributed by atoms with Gasteiger partial charge in [0.1, 0.15) is 0 Å². The molecule has 1 amide bonds. The lowest BCUT2D eigenvalue weighted by atomic mass is 10.1. The maximum Gasteiger partial charge on any atom is 0.272 e. The first-order valence-corrected chi connectivity index (χ1v) is 10.3. The number of fused-ring (bicyclic) bond motifs is 3. The minimum Gasteiger partial charge on any atom is -0.346 e. The Labute approximate surface area is 161 Å². The summed E-state index contributed by atoms with van der Waals surface area (Å²) in [7, 11) is -1.82. The van der Waals surface area contributed by atoms with E-state index in [1.54, 1.807) is 42.1 Å². The van der Waals surface area contributed by atoms with Gasteiger partial charge in [0, 0.05) is 29.7 Å².